The summed E-state index contributed by atoms with van der Waals surface area (Å²) in [5.74, 6) is 0.533. The molecule has 3 N–H and O–H groups in total. The van der Waals surface area contributed by atoms with Crippen LogP contribution >= 0.6 is 24.0 Å². The molecule has 0 spiro atoms. The molecule has 0 aliphatic heterocycles. The number of carbonyl (C=O) groups is 1. The Morgan fingerprint density at radius 3 is 2.52 bits per heavy atom. The minimum absolute atomic E-state index is 0. The van der Waals surface area contributed by atoms with E-state index >= 15 is 0 Å². The van der Waals surface area contributed by atoms with Crippen molar-refractivity contribution in [3.63, 3.8) is 0 Å². The van der Waals surface area contributed by atoms with Crippen LogP contribution in [-0.4, -0.2) is 32.0 Å². The van der Waals surface area contributed by atoms with Crippen molar-refractivity contribution in [2.45, 2.75) is 26.7 Å². The highest BCUT2D eigenvalue weighted by Gasteiger charge is 2.07. The van der Waals surface area contributed by atoms with E-state index in [0.29, 0.717) is 17.6 Å². The van der Waals surface area contributed by atoms with E-state index in [-0.39, 0.29) is 42.2 Å². The molecule has 0 bridgehead atoms. The Morgan fingerprint density at radius 2 is 1.96 bits per heavy atom. The van der Waals surface area contributed by atoms with Crippen LogP contribution in [0.3, 0.4) is 0 Å². The lowest BCUT2D eigenvalue weighted by Gasteiger charge is -2.16. The first-order chi connectivity index (χ1) is 10.6. The molecule has 1 aromatic rings. The largest absolute Gasteiger partial charge is 0.356 e. The molecule has 7 heteroatoms. The van der Waals surface area contributed by atoms with Crippen LogP contribution in [0.5, 0.6) is 0 Å². The number of anilines is 1. The third-order valence-corrected chi connectivity index (χ3v) is 3.46. The average Bonchev–Trinajstić information content (AvgIpc) is 2.51. The Balaban J connectivity index is 0.00000484. The van der Waals surface area contributed by atoms with Gasteiger partial charge in [-0.3, -0.25) is 9.79 Å². The van der Waals surface area contributed by atoms with Crippen molar-refractivity contribution in [3.05, 3.63) is 30.1 Å². The lowest BCUT2D eigenvalue weighted by atomic mass is 10.0. The highest BCUT2D eigenvalue weighted by atomic mass is 127. The summed E-state index contributed by atoms with van der Waals surface area (Å²) in [6, 6.07) is 5.80. The zero-order chi connectivity index (χ0) is 16.4. The number of nitrogens with zero attached hydrogens (tertiary/aromatic N) is 1. The number of hydrogen-bond acceptors (Lipinski definition) is 2. The second-order valence-electron chi connectivity index (χ2n) is 5.05. The Bertz CT molecular complexity index is 507. The molecular weight excluding hydrogens is 410 g/mol. The summed E-state index contributed by atoms with van der Waals surface area (Å²) in [4.78, 5) is 15.9. The van der Waals surface area contributed by atoms with Gasteiger partial charge in [0, 0.05) is 19.3 Å². The van der Waals surface area contributed by atoms with Crippen LogP contribution in [-0.2, 0) is 4.79 Å². The van der Waals surface area contributed by atoms with Crippen LogP contribution in [0.25, 0.3) is 0 Å². The molecule has 1 amide bonds. The third-order valence-electron chi connectivity index (χ3n) is 3.46. The fourth-order valence-corrected chi connectivity index (χ4v) is 1.97. The smallest absolute Gasteiger partial charge is 0.243 e. The van der Waals surface area contributed by atoms with Gasteiger partial charge in [-0.2, -0.15) is 0 Å². The van der Waals surface area contributed by atoms with E-state index in [2.05, 4.69) is 34.8 Å². The lowest BCUT2D eigenvalue weighted by molar-refractivity contribution is -0.115. The SMILES string of the molecule is CCC(CC)CNC(=NC)NCC(=O)Nc1cccc(F)c1.I. The normalized spacial score (nSPS) is 10.9. The van der Waals surface area contributed by atoms with Crippen molar-refractivity contribution in [2.24, 2.45) is 10.9 Å². The molecule has 0 unspecified atom stereocenters. The van der Waals surface area contributed by atoms with Crippen LogP contribution in [0.1, 0.15) is 26.7 Å². The van der Waals surface area contributed by atoms with E-state index in [9.17, 15) is 9.18 Å². The van der Waals surface area contributed by atoms with E-state index in [1.165, 1.54) is 12.1 Å². The molecule has 0 aromatic heterocycles. The zero-order valence-corrected chi connectivity index (χ0v) is 16.2. The number of amides is 1. The predicted molar refractivity (Wildman–Crippen MR) is 104 cm³/mol. The summed E-state index contributed by atoms with van der Waals surface area (Å²) < 4.78 is 13.0. The minimum atomic E-state index is -0.381. The number of aliphatic imine (C=N–C) groups is 1. The zero-order valence-electron chi connectivity index (χ0n) is 13.9. The maximum atomic E-state index is 13.0. The van der Waals surface area contributed by atoms with E-state index in [1.54, 1.807) is 19.2 Å². The van der Waals surface area contributed by atoms with E-state index in [4.69, 9.17) is 0 Å². The first-order valence-electron chi connectivity index (χ1n) is 7.58. The first kappa shape index (κ1) is 21.6. The van der Waals surface area contributed by atoms with Crippen molar-refractivity contribution < 1.29 is 9.18 Å². The number of guanidine groups is 1. The van der Waals surface area contributed by atoms with Gasteiger partial charge in [0.2, 0.25) is 5.91 Å². The Kier molecular flexibility index (Phi) is 11.4. The van der Waals surface area contributed by atoms with Crippen LogP contribution in [0.2, 0.25) is 0 Å². The minimum Gasteiger partial charge on any atom is -0.356 e. The van der Waals surface area contributed by atoms with Crippen molar-refractivity contribution >= 4 is 41.5 Å². The van der Waals surface area contributed by atoms with Gasteiger partial charge in [-0.25, -0.2) is 4.39 Å². The second kappa shape index (κ2) is 12.1. The molecule has 1 aromatic carbocycles. The van der Waals surface area contributed by atoms with E-state index < -0.39 is 0 Å². The molecule has 23 heavy (non-hydrogen) atoms. The van der Waals surface area contributed by atoms with Crippen molar-refractivity contribution in [2.75, 3.05) is 25.5 Å². The summed E-state index contributed by atoms with van der Waals surface area (Å²) in [6.45, 7) is 5.19. The van der Waals surface area contributed by atoms with E-state index in [1.807, 2.05) is 0 Å². The van der Waals surface area contributed by atoms with Crippen LogP contribution < -0.4 is 16.0 Å². The van der Waals surface area contributed by atoms with Crippen LogP contribution in [0.15, 0.2) is 29.3 Å². The van der Waals surface area contributed by atoms with Crippen molar-refractivity contribution in [1.29, 1.82) is 0 Å². The molecule has 0 radical (unpaired) electrons. The summed E-state index contributed by atoms with van der Waals surface area (Å²) in [6.07, 6.45) is 2.20. The van der Waals surface area contributed by atoms with Crippen LogP contribution in [0, 0.1) is 11.7 Å². The third kappa shape index (κ3) is 8.73. The molecule has 0 saturated carbocycles. The highest BCUT2D eigenvalue weighted by molar-refractivity contribution is 14.0. The molecule has 0 aliphatic carbocycles. The molecule has 0 aliphatic rings. The Hall–Kier alpha value is -1.38. The van der Waals surface area contributed by atoms with Gasteiger partial charge in [-0.1, -0.05) is 32.8 Å². The maximum Gasteiger partial charge on any atom is 0.243 e. The number of benzene rings is 1. The first-order valence-corrected chi connectivity index (χ1v) is 7.58. The number of hydrogen-bond donors (Lipinski definition) is 3. The molecule has 0 saturated heterocycles. The number of carbonyl (C=O) groups excluding carboxylic acids is 1. The van der Waals surface area contributed by atoms with Gasteiger partial charge in [0.05, 0.1) is 6.54 Å². The monoisotopic (exact) mass is 436 g/mol. The standard InChI is InChI=1S/C16H25FN4O.HI/c1-4-12(5-2)10-19-16(18-3)20-11-15(22)21-14-8-6-7-13(17)9-14;/h6-9,12H,4-5,10-11H2,1-3H3,(H,21,22)(H2,18,19,20);1H. The lowest BCUT2D eigenvalue weighted by Crippen LogP contribution is -2.43. The van der Waals surface area contributed by atoms with Crippen LogP contribution in [0.4, 0.5) is 10.1 Å². The van der Waals surface area contributed by atoms with Gasteiger partial charge in [-0.15, -0.1) is 24.0 Å². The predicted octanol–water partition coefficient (Wildman–Crippen LogP) is 2.98. The number of nitrogens with one attached hydrogen (secondary N) is 3. The molecular formula is C16H26FIN4O. The molecule has 5 nitrogen and oxygen atoms in total. The molecule has 1 rings (SSSR count). The Labute approximate surface area is 154 Å². The van der Waals surface area contributed by atoms with Gasteiger partial charge in [-0.05, 0) is 24.1 Å². The molecule has 130 valence electrons. The summed E-state index contributed by atoms with van der Waals surface area (Å²) in [7, 11) is 1.66. The fraction of sp³-hybridized carbons (Fsp3) is 0.500. The van der Waals surface area contributed by atoms with E-state index in [0.717, 1.165) is 19.4 Å². The number of halogens is 2. The number of rotatable bonds is 7. The molecule has 0 fully saturated rings. The van der Waals surface area contributed by atoms with Gasteiger partial charge >= 0.3 is 0 Å². The average molecular weight is 436 g/mol. The Morgan fingerprint density at radius 1 is 1.26 bits per heavy atom. The summed E-state index contributed by atoms with van der Waals surface area (Å²) in [5, 5.41) is 8.76. The van der Waals surface area contributed by atoms with Gasteiger partial charge in [0.1, 0.15) is 5.82 Å². The van der Waals surface area contributed by atoms with Crippen molar-refractivity contribution in [3.8, 4) is 0 Å². The van der Waals surface area contributed by atoms with Gasteiger partial charge in [0.25, 0.3) is 0 Å². The van der Waals surface area contributed by atoms with Crippen molar-refractivity contribution in [1.82, 2.24) is 10.6 Å². The van der Waals surface area contributed by atoms with Gasteiger partial charge < -0.3 is 16.0 Å². The maximum absolute atomic E-state index is 13.0. The van der Waals surface area contributed by atoms with Gasteiger partial charge in [0.15, 0.2) is 5.96 Å². The fourth-order valence-electron chi connectivity index (χ4n) is 1.97. The molecule has 0 heterocycles. The molecule has 0 atom stereocenters. The topological polar surface area (TPSA) is 65.5 Å². The quantitative estimate of drug-likeness (QED) is 0.350. The second-order valence-corrected chi connectivity index (χ2v) is 5.05. The highest BCUT2D eigenvalue weighted by Crippen LogP contribution is 2.08. The summed E-state index contributed by atoms with van der Waals surface area (Å²) >= 11 is 0. The summed E-state index contributed by atoms with van der Waals surface area (Å²) in [5.41, 5.74) is 0.437.